The molecular weight excluding hydrogens is 322 g/mol. The van der Waals surface area contributed by atoms with Gasteiger partial charge in [-0.3, -0.25) is 10.1 Å². The Morgan fingerprint density at radius 1 is 1.52 bits per heavy atom. The molecule has 0 saturated carbocycles. The zero-order valence-electron chi connectivity index (χ0n) is 12.4. The van der Waals surface area contributed by atoms with Gasteiger partial charge in [0, 0.05) is 12.6 Å². The van der Waals surface area contributed by atoms with Crippen molar-refractivity contribution in [2.75, 3.05) is 24.7 Å². The molecule has 1 aliphatic heterocycles. The van der Waals surface area contributed by atoms with Crippen LogP contribution in [0.15, 0.2) is 12.1 Å². The molecule has 1 atom stereocenters. The molecule has 8 heteroatoms. The lowest BCUT2D eigenvalue weighted by molar-refractivity contribution is -0.384. The number of piperidine rings is 1. The summed E-state index contributed by atoms with van der Waals surface area (Å²) >= 11 is 6.05. The van der Waals surface area contributed by atoms with Crippen LogP contribution in [0.4, 0.5) is 11.4 Å². The average Bonchev–Trinajstić information content (AvgIpc) is 2.55. The fourth-order valence-electron chi connectivity index (χ4n) is 2.76. The van der Waals surface area contributed by atoms with Gasteiger partial charge in [-0.1, -0.05) is 11.6 Å². The van der Waals surface area contributed by atoms with Crippen molar-refractivity contribution in [3.63, 3.8) is 0 Å². The molecule has 0 spiro atoms. The van der Waals surface area contributed by atoms with Crippen molar-refractivity contribution in [3.8, 4) is 6.07 Å². The largest absolute Gasteiger partial charge is 0.372 e. The number of halogens is 1. The zero-order valence-corrected chi connectivity index (χ0v) is 13.2. The molecule has 23 heavy (non-hydrogen) atoms. The molecule has 1 heterocycles. The van der Waals surface area contributed by atoms with Crippen molar-refractivity contribution >= 4 is 29.3 Å². The number of nitrogens with zero attached hydrogens (tertiary/aromatic N) is 3. The van der Waals surface area contributed by atoms with Gasteiger partial charge in [0.25, 0.3) is 5.69 Å². The van der Waals surface area contributed by atoms with Gasteiger partial charge in [0.1, 0.15) is 24.6 Å². The smallest absolute Gasteiger partial charge is 0.293 e. The molecule has 1 aliphatic rings. The first kappa shape index (κ1) is 17.2. The van der Waals surface area contributed by atoms with Crippen molar-refractivity contribution in [2.24, 2.45) is 0 Å². The van der Waals surface area contributed by atoms with Gasteiger partial charge in [0.15, 0.2) is 0 Å². The maximum absolute atomic E-state index is 11.4. The summed E-state index contributed by atoms with van der Waals surface area (Å²) in [4.78, 5) is 23.1. The Morgan fingerprint density at radius 3 is 2.96 bits per heavy atom. The lowest BCUT2D eigenvalue weighted by Crippen LogP contribution is -2.43. The minimum absolute atomic E-state index is 0.000555. The Labute approximate surface area is 138 Å². The number of carbonyl (C=O) groups excluding carboxylic acids is 1. The predicted molar refractivity (Wildman–Crippen MR) is 84.7 cm³/mol. The molecule has 0 unspecified atom stereocenters. The summed E-state index contributed by atoms with van der Waals surface area (Å²) in [6.07, 6.45) is 3.38. The maximum atomic E-state index is 11.4. The van der Waals surface area contributed by atoms with Crippen LogP contribution in [-0.2, 0) is 9.53 Å². The molecular formula is C15H16ClN3O4. The summed E-state index contributed by atoms with van der Waals surface area (Å²) in [5, 5.41) is 20.5. The van der Waals surface area contributed by atoms with E-state index >= 15 is 0 Å². The number of ether oxygens (including phenoxy) is 1. The van der Waals surface area contributed by atoms with E-state index in [1.54, 1.807) is 0 Å². The third-order valence-electron chi connectivity index (χ3n) is 3.81. The number of benzene rings is 1. The Hall–Kier alpha value is -2.17. The van der Waals surface area contributed by atoms with Gasteiger partial charge in [-0.25, -0.2) is 0 Å². The number of nitriles is 1. The summed E-state index contributed by atoms with van der Waals surface area (Å²) < 4.78 is 5.28. The lowest BCUT2D eigenvalue weighted by atomic mass is 10.0. The first-order valence-corrected chi connectivity index (χ1v) is 7.62. The van der Waals surface area contributed by atoms with E-state index in [1.807, 2.05) is 11.0 Å². The molecule has 1 fully saturated rings. The highest BCUT2D eigenvalue weighted by molar-refractivity contribution is 6.32. The SMILES string of the molecule is N#Cc1cc([N+](=O)[O-])c(N2CCCC[C@H]2COCC=O)cc1Cl. The summed E-state index contributed by atoms with van der Waals surface area (Å²) in [7, 11) is 0. The number of hydrogen-bond acceptors (Lipinski definition) is 6. The normalized spacial score (nSPS) is 17.6. The molecule has 7 nitrogen and oxygen atoms in total. The number of hydrogen-bond donors (Lipinski definition) is 0. The third kappa shape index (κ3) is 3.97. The summed E-state index contributed by atoms with van der Waals surface area (Å²) in [5.41, 5.74) is 0.319. The second-order valence-corrected chi connectivity index (χ2v) is 5.64. The van der Waals surface area contributed by atoms with Crippen LogP contribution in [0.3, 0.4) is 0 Å². The van der Waals surface area contributed by atoms with Crippen LogP contribution in [-0.4, -0.2) is 37.0 Å². The number of rotatable bonds is 6. The molecule has 0 N–H and O–H groups in total. The Balaban J connectivity index is 2.36. The molecule has 0 bridgehead atoms. The fourth-order valence-corrected chi connectivity index (χ4v) is 2.96. The van der Waals surface area contributed by atoms with Crippen LogP contribution in [0.5, 0.6) is 0 Å². The third-order valence-corrected chi connectivity index (χ3v) is 4.13. The molecule has 1 aromatic rings. The minimum atomic E-state index is -0.509. The molecule has 0 aliphatic carbocycles. The minimum Gasteiger partial charge on any atom is -0.372 e. The van der Waals surface area contributed by atoms with E-state index in [0.29, 0.717) is 25.1 Å². The van der Waals surface area contributed by atoms with Crippen molar-refractivity contribution in [3.05, 3.63) is 32.8 Å². The van der Waals surface area contributed by atoms with E-state index in [2.05, 4.69) is 0 Å². The van der Waals surface area contributed by atoms with Crippen LogP contribution in [0.2, 0.25) is 5.02 Å². The summed E-state index contributed by atoms with van der Waals surface area (Å²) in [6, 6.07) is 4.46. The Kier molecular flexibility index (Phi) is 5.90. The number of aldehydes is 1. The zero-order chi connectivity index (χ0) is 16.8. The van der Waals surface area contributed by atoms with Gasteiger partial charge < -0.3 is 14.4 Å². The average molecular weight is 338 g/mol. The van der Waals surface area contributed by atoms with Gasteiger partial charge >= 0.3 is 0 Å². The van der Waals surface area contributed by atoms with Gasteiger partial charge in [-0.15, -0.1) is 0 Å². The van der Waals surface area contributed by atoms with Crippen molar-refractivity contribution < 1.29 is 14.5 Å². The standard InChI is InChI=1S/C15H16ClN3O4/c16-13-8-14(15(19(21)22)7-11(13)9-17)18-4-2-1-3-12(18)10-23-6-5-20/h5,7-8,12H,1-4,6,10H2/t12-/m0/s1. The van der Waals surface area contributed by atoms with Crippen molar-refractivity contribution in [2.45, 2.75) is 25.3 Å². The van der Waals surface area contributed by atoms with E-state index in [0.717, 1.165) is 19.3 Å². The highest BCUT2D eigenvalue weighted by atomic mass is 35.5. The van der Waals surface area contributed by atoms with Crippen molar-refractivity contribution in [1.29, 1.82) is 5.26 Å². The molecule has 1 saturated heterocycles. The first-order chi connectivity index (χ1) is 11.1. The van der Waals surface area contributed by atoms with Crippen molar-refractivity contribution in [1.82, 2.24) is 0 Å². The number of nitro groups is 1. The highest BCUT2D eigenvalue weighted by Crippen LogP contribution is 2.37. The molecule has 122 valence electrons. The lowest BCUT2D eigenvalue weighted by Gasteiger charge is -2.37. The van der Waals surface area contributed by atoms with Crippen LogP contribution < -0.4 is 4.90 Å². The first-order valence-electron chi connectivity index (χ1n) is 7.24. The monoisotopic (exact) mass is 337 g/mol. The molecule has 0 amide bonds. The second kappa shape index (κ2) is 7.90. The molecule has 2 rings (SSSR count). The Bertz CT molecular complexity index is 644. The van der Waals surface area contributed by atoms with Gasteiger partial charge in [0.05, 0.1) is 28.2 Å². The van der Waals surface area contributed by atoms with Crippen LogP contribution in [0.25, 0.3) is 0 Å². The van der Waals surface area contributed by atoms with E-state index in [4.69, 9.17) is 21.6 Å². The Morgan fingerprint density at radius 2 is 2.30 bits per heavy atom. The summed E-state index contributed by atoms with van der Waals surface area (Å²) in [6.45, 7) is 0.951. The maximum Gasteiger partial charge on any atom is 0.293 e. The van der Waals surface area contributed by atoms with Crippen LogP contribution in [0, 0.1) is 21.4 Å². The second-order valence-electron chi connectivity index (χ2n) is 5.24. The molecule has 0 radical (unpaired) electrons. The summed E-state index contributed by atoms with van der Waals surface area (Å²) in [5.74, 6) is 0. The van der Waals surface area contributed by atoms with E-state index in [1.165, 1.54) is 12.1 Å². The number of anilines is 1. The quantitative estimate of drug-likeness (QED) is 0.342. The predicted octanol–water partition coefficient (Wildman–Crippen LogP) is 2.69. The van der Waals surface area contributed by atoms with Crippen LogP contribution >= 0.6 is 11.6 Å². The van der Waals surface area contributed by atoms with Gasteiger partial charge in [0.2, 0.25) is 0 Å². The van der Waals surface area contributed by atoms with Gasteiger partial charge in [-0.2, -0.15) is 5.26 Å². The van der Waals surface area contributed by atoms with E-state index in [9.17, 15) is 14.9 Å². The van der Waals surface area contributed by atoms with E-state index < -0.39 is 4.92 Å². The fraction of sp³-hybridized carbons (Fsp3) is 0.467. The highest BCUT2D eigenvalue weighted by Gasteiger charge is 2.29. The molecule has 0 aromatic heterocycles. The van der Waals surface area contributed by atoms with E-state index in [-0.39, 0.29) is 28.9 Å². The number of carbonyl (C=O) groups is 1. The van der Waals surface area contributed by atoms with Crippen LogP contribution in [0.1, 0.15) is 24.8 Å². The van der Waals surface area contributed by atoms with Gasteiger partial charge in [-0.05, 0) is 25.3 Å². The number of nitro benzene ring substituents is 1. The topological polar surface area (TPSA) is 96.5 Å². The molecule has 1 aromatic carbocycles.